The summed E-state index contributed by atoms with van der Waals surface area (Å²) in [5, 5.41) is 0. The van der Waals surface area contributed by atoms with Crippen molar-refractivity contribution in [2.45, 2.75) is 53.2 Å². The smallest absolute Gasteiger partial charge is 0.330 e. The van der Waals surface area contributed by atoms with E-state index >= 15 is 0 Å². The minimum atomic E-state index is -0.450. The summed E-state index contributed by atoms with van der Waals surface area (Å²) in [6, 6.07) is 8.26. The quantitative estimate of drug-likeness (QED) is 0.246. The maximum Gasteiger partial charge on any atom is 0.330 e. The van der Waals surface area contributed by atoms with Crippen molar-refractivity contribution in [1.82, 2.24) is 0 Å². The highest BCUT2D eigenvalue weighted by Crippen LogP contribution is 2.32. The molecular formula is C21H32O4. The van der Waals surface area contributed by atoms with Crippen LogP contribution in [-0.2, 0) is 14.3 Å². The number of carbonyl (C=O) groups excluding carboxylic acids is 1. The van der Waals surface area contributed by atoms with Gasteiger partial charge in [-0.25, -0.2) is 4.79 Å². The monoisotopic (exact) mass is 348 g/mol. The van der Waals surface area contributed by atoms with Crippen LogP contribution in [0.2, 0.25) is 0 Å². The van der Waals surface area contributed by atoms with Crippen LogP contribution in [-0.4, -0.2) is 25.5 Å². The van der Waals surface area contributed by atoms with E-state index in [1.165, 1.54) is 12.0 Å². The number of hydrogen-bond donors (Lipinski definition) is 0. The maximum atomic E-state index is 10.9. The molecular weight excluding hydrogens is 316 g/mol. The second-order valence-electron chi connectivity index (χ2n) is 6.98. The highest BCUT2D eigenvalue weighted by Gasteiger charge is 2.17. The molecule has 0 aromatic heterocycles. The van der Waals surface area contributed by atoms with E-state index in [0.717, 1.165) is 11.8 Å². The van der Waals surface area contributed by atoms with Crippen LogP contribution in [0.3, 0.4) is 0 Å². The van der Waals surface area contributed by atoms with Crippen molar-refractivity contribution in [1.29, 1.82) is 0 Å². The van der Waals surface area contributed by atoms with Crippen LogP contribution in [0.4, 0.5) is 0 Å². The first kappa shape index (κ1) is 21.2. The molecule has 2 atom stereocenters. The number of ether oxygens (including phenoxy) is 3. The standard InChI is InChI=1S/C21H32O4/c1-7-21(22)24-13-12-23-17(6)25-19-10-8-18(9-11-19)20(16(4)5)14-15(2)3/h7-11,15-17,20H,1,12-14H2,2-6H3. The van der Waals surface area contributed by atoms with Crippen LogP contribution < -0.4 is 4.74 Å². The summed E-state index contributed by atoms with van der Waals surface area (Å²) in [6.45, 7) is 14.7. The van der Waals surface area contributed by atoms with Gasteiger partial charge in [-0.05, 0) is 48.8 Å². The minimum absolute atomic E-state index is 0.183. The average Bonchev–Trinajstić information content (AvgIpc) is 2.56. The molecule has 0 fully saturated rings. The van der Waals surface area contributed by atoms with Gasteiger partial charge in [-0.3, -0.25) is 0 Å². The molecule has 25 heavy (non-hydrogen) atoms. The number of carbonyl (C=O) groups is 1. The van der Waals surface area contributed by atoms with Crippen molar-refractivity contribution in [2.24, 2.45) is 11.8 Å². The molecule has 1 aromatic carbocycles. The third-order valence-corrected chi connectivity index (χ3v) is 3.99. The van der Waals surface area contributed by atoms with Crippen LogP contribution in [0.1, 0.15) is 52.5 Å². The van der Waals surface area contributed by atoms with Crippen molar-refractivity contribution in [2.75, 3.05) is 13.2 Å². The first-order valence-corrected chi connectivity index (χ1v) is 9.00. The molecule has 1 rings (SSSR count). The Morgan fingerprint density at radius 1 is 1.08 bits per heavy atom. The SMILES string of the molecule is C=CC(=O)OCCOC(C)Oc1ccc(C(CC(C)C)C(C)C)cc1. The molecule has 0 aliphatic heterocycles. The molecule has 0 amide bonds. The van der Waals surface area contributed by atoms with Gasteiger partial charge in [0.25, 0.3) is 0 Å². The van der Waals surface area contributed by atoms with Crippen molar-refractivity contribution in [3.05, 3.63) is 42.5 Å². The Hall–Kier alpha value is -1.81. The number of hydrogen-bond acceptors (Lipinski definition) is 4. The topological polar surface area (TPSA) is 44.8 Å². The summed E-state index contributed by atoms with van der Waals surface area (Å²) < 4.78 is 16.1. The molecule has 0 heterocycles. The van der Waals surface area contributed by atoms with Gasteiger partial charge in [-0.15, -0.1) is 0 Å². The fourth-order valence-corrected chi connectivity index (χ4v) is 2.74. The molecule has 0 N–H and O–H groups in total. The van der Waals surface area contributed by atoms with Crippen LogP contribution in [0, 0.1) is 11.8 Å². The molecule has 0 spiro atoms. The lowest BCUT2D eigenvalue weighted by Gasteiger charge is -2.24. The lowest BCUT2D eigenvalue weighted by molar-refractivity contribution is -0.142. The van der Waals surface area contributed by atoms with Crippen molar-refractivity contribution < 1.29 is 19.0 Å². The molecule has 0 bridgehead atoms. The van der Waals surface area contributed by atoms with Gasteiger partial charge in [0.1, 0.15) is 12.4 Å². The van der Waals surface area contributed by atoms with E-state index in [2.05, 4.69) is 46.4 Å². The number of benzene rings is 1. The Balaban J connectivity index is 2.49. The largest absolute Gasteiger partial charge is 0.465 e. The number of rotatable bonds is 11. The predicted octanol–water partition coefficient (Wildman–Crippen LogP) is 4.94. The van der Waals surface area contributed by atoms with E-state index in [4.69, 9.17) is 14.2 Å². The van der Waals surface area contributed by atoms with Crippen LogP contribution in [0.25, 0.3) is 0 Å². The molecule has 1 aromatic rings. The normalized spacial score (nSPS) is 13.6. The van der Waals surface area contributed by atoms with Gasteiger partial charge in [0.15, 0.2) is 6.29 Å². The Labute approximate surface area is 152 Å². The zero-order chi connectivity index (χ0) is 18.8. The summed E-state index contributed by atoms with van der Waals surface area (Å²) in [5.41, 5.74) is 1.35. The molecule has 0 aliphatic rings. The molecule has 0 saturated carbocycles. The first-order valence-electron chi connectivity index (χ1n) is 9.00. The second-order valence-corrected chi connectivity index (χ2v) is 6.98. The summed E-state index contributed by atoms with van der Waals surface area (Å²) in [5.74, 6) is 2.16. The molecule has 0 aliphatic carbocycles. The molecule has 0 radical (unpaired) electrons. The van der Waals surface area contributed by atoms with Gasteiger partial charge < -0.3 is 14.2 Å². The lowest BCUT2D eigenvalue weighted by Crippen LogP contribution is -2.20. The maximum absolute atomic E-state index is 10.9. The third-order valence-electron chi connectivity index (χ3n) is 3.99. The highest BCUT2D eigenvalue weighted by atomic mass is 16.7. The summed E-state index contributed by atoms with van der Waals surface area (Å²) >= 11 is 0. The fraction of sp³-hybridized carbons (Fsp3) is 0.571. The van der Waals surface area contributed by atoms with E-state index in [-0.39, 0.29) is 13.2 Å². The third kappa shape index (κ3) is 8.21. The van der Waals surface area contributed by atoms with Crippen molar-refractivity contribution in [3.63, 3.8) is 0 Å². The van der Waals surface area contributed by atoms with Gasteiger partial charge in [0.2, 0.25) is 0 Å². The van der Waals surface area contributed by atoms with Gasteiger partial charge in [0.05, 0.1) is 6.61 Å². The average molecular weight is 348 g/mol. The molecule has 140 valence electrons. The lowest BCUT2D eigenvalue weighted by atomic mass is 9.82. The second kappa shape index (κ2) is 10.9. The molecule has 2 unspecified atom stereocenters. The Kier molecular flexibility index (Phi) is 9.28. The highest BCUT2D eigenvalue weighted by molar-refractivity contribution is 5.81. The summed E-state index contributed by atoms with van der Waals surface area (Å²) in [6.07, 6.45) is 1.90. The van der Waals surface area contributed by atoms with E-state index in [9.17, 15) is 4.79 Å². The Bertz CT molecular complexity index is 519. The van der Waals surface area contributed by atoms with Crippen LogP contribution in [0.5, 0.6) is 5.75 Å². The van der Waals surface area contributed by atoms with Gasteiger partial charge in [-0.2, -0.15) is 0 Å². The predicted molar refractivity (Wildman–Crippen MR) is 101 cm³/mol. The minimum Gasteiger partial charge on any atom is -0.465 e. The van der Waals surface area contributed by atoms with Crippen LogP contribution >= 0.6 is 0 Å². The Morgan fingerprint density at radius 3 is 2.24 bits per heavy atom. The van der Waals surface area contributed by atoms with E-state index in [1.807, 2.05) is 19.1 Å². The molecule has 0 saturated heterocycles. The molecule has 4 heteroatoms. The van der Waals surface area contributed by atoms with E-state index < -0.39 is 12.3 Å². The van der Waals surface area contributed by atoms with Gasteiger partial charge in [-0.1, -0.05) is 46.4 Å². The zero-order valence-electron chi connectivity index (χ0n) is 16.2. The van der Waals surface area contributed by atoms with Crippen molar-refractivity contribution in [3.8, 4) is 5.75 Å². The van der Waals surface area contributed by atoms with Crippen molar-refractivity contribution >= 4 is 5.97 Å². The van der Waals surface area contributed by atoms with Gasteiger partial charge in [0, 0.05) is 6.08 Å². The van der Waals surface area contributed by atoms with E-state index in [0.29, 0.717) is 17.8 Å². The van der Waals surface area contributed by atoms with E-state index in [1.54, 1.807) is 0 Å². The summed E-state index contributed by atoms with van der Waals surface area (Å²) in [4.78, 5) is 10.9. The zero-order valence-corrected chi connectivity index (χ0v) is 16.2. The first-order chi connectivity index (χ1) is 11.8. The number of esters is 1. The summed E-state index contributed by atoms with van der Waals surface area (Å²) in [7, 11) is 0. The fourth-order valence-electron chi connectivity index (χ4n) is 2.74. The van der Waals surface area contributed by atoms with Gasteiger partial charge >= 0.3 is 5.97 Å². The van der Waals surface area contributed by atoms with Crippen LogP contribution in [0.15, 0.2) is 36.9 Å². The Morgan fingerprint density at radius 2 is 1.72 bits per heavy atom. The molecule has 4 nitrogen and oxygen atoms in total.